The molecule has 0 saturated heterocycles. The molecule has 100 valence electrons. The second kappa shape index (κ2) is 5.01. The molecule has 0 saturated carbocycles. The average molecular weight is 334 g/mol. The summed E-state index contributed by atoms with van der Waals surface area (Å²) in [5.41, 5.74) is 7.38. The minimum atomic E-state index is -0.402. The third kappa shape index (κ3) is 2.05. The monoisotopic (exact) mass is 333 g/mol. The smallest absolute Gasteiger partial charge is 0.188 e. The van der Waals surface area contributed by atoms with Crippen LogP contribution < -0.4 is 5.73 Å². The fourth-order valence-electron chi connectivity index (χ4n) is 1.86. The van der Waals surface area contributed by atoms with Gasteiger partial charge in [-0.2, -0.15) is 4.68 Å². The lowest BCUT2D eigenvalue weighted by Crippen LogP contribution is -2.03. The predicted octanol–water partition coefficient (Wildman–Crippen LogP) is 2.81. The molecule has 0 atom stereocenters. The fourth-order valence-corrected chi connectivity index (χ4v) is 2.30. The highest BCUT2D eigenvalue weighted by Gasteiger charge is 2.16. The van der Waals surface area contributed by atoms with E-state index in [1.807, 2.05) is 6.07 Å². The van der Waals surface area contributed by atoms with Gasteiger partial charge in [0.15, 0.2) is 5.82 Å². The van der Waals surface area contributed by atoms with E-state index in [2.05, 4.69) is 31.5 Å². The molecule has 0 unspecified atom stereocenters. The molecule has 2 N–H and O–H groups in total. The number of anilines is 1. The zero-order chi connectivity index (χ0) is 14.1. The Hall–Kier alpha value is -2.28. The van der Waals surface area contributed by atoms with Crippen LogP contribution in [0.1, 0.15) is 0 Å². The predicted molar refractivity (Wildman–Crippen MR) is 76.7 cm³/mol. The Morgan fingerprint density at radius 1 is 1.10 bits per heavy atom. The summed E-state index contributed by atoms with van der Waals surface area (Å²) in [5, 5.41) is 11.4. The molecule has 0 amide bonds. The van der Waals surface area contributed by atoms with Crippen molar-refractivity contribution in [2.45, 2.75) is 0 Å². The average Bonchev–Trinajstić information content (AvgIpc) is 2.91. The minimum Gasteiger partial charge on any atom is -0.398 e. The number of benzene rings is 2. The number of nitrogen functional groups attached to an aromatic ring is 1. The molecule has 0 aliphatic carbocycles. The molecule has 3 aromatic rings. The molecular formula is C13H9BrFN5. The van der Waals surface area contributed by atoms with Crippen molar-refractivity contribution in [1.29, 1.82) is 0 Å². The molecule has 0 radical (unpaired) electrons. The Bertz CT molecular complexity index is 771. The summed E-state index contributed by atoms with van der Waals surface area (Å²) >= 11 is 3.40. The van der Waals surface area contributed by atoms with Gasteiger partial charge in [0.25, 0.3) is 0 Å². The molecular weight excluding hydrogens is 325 g/mol. The SMILES string of the molecule is Nc1cccc(-c2nnnn2-c2ccccc2F)c1Br. The van der Waals surface area contributed by atoms with Crippen LogP contribution in [0.25, 0.3) is 17.1 Å². The van der Waals surface area contributed by atoms with E-state index in [9.17, 15) is 4.39 Å². The van der Waals surface area contributed by atoms with E-state index < -0.39 is 5.82 Å². The molecule has 0 fully saturated rings. The van der Waals surface area contributed by atoms with Gasteiger partial charge >= 0.3 is 0 Å². The summed E-state index contributed by atoms with van der Waals surface area (Å²) in [6, 6.07) is 11.6. The molecule has 0 aliphatic rings. The van der Waals surface area contributed by atoms with E-state index in [-0.39, 0.29) is 5.69 Å². The van der Waals surface area contributed by atoms with Crippen molar-refractivity contribution in [3.8, 4) is 17.1 Å². The van der Waals surface area contributed by atoms with Gasteiger partial charge in [0.2, 0.25) is 0 Å². The van der Waals surface area contributed by atoms with E-state index in [1.54, 1.807) is 30.3 Å². The van der Waals surface area contributed by atoms with E-state index >= 15 is 0 Å². The topological polar surface area (TPSA) is 69.6 Å². The Balaban J connectivity index is 2.21. The molecule has 20 heavy (non-hydrogen) atoms. The molecule has 1 heterocycles. The zero-order valence-electron chi connectivity index (χ0n) is 10.2. The van der Waals surface area contributed by atoms with Gasteiger partial charge in [0.05, 0.1) is 4.47 Å². The van der Waals surface area contributed by atoms with Gasteiger partial charge in [0.1, 0.15) is 11.5 Å². The Morgan fingerprint density at radius 2 is 1.90 bits per heavy atom. The van der Waals surface area contributed by atoms with Crippen molar-refractivity contribution in [3.05, 3.63) is 52.8 Å². The molecule has 5 nitrogen and oxygen atoms in total. The van der Waals surface area contributed by atoms with Gasteiger partial charge in [-0.05, 0) is 50.6 Å². The molecule has 2 aromatic carbocycles. The van der Waals surface area contributed by atoms with Crippen LogP contribution in [-0.2, 0) is 0 Å². The van der Waals surface area contributed by atoms with Gasteiger partial charge in [-0.1, -0.05) is 18.2 Å². The first-order valence-electron chi connectivity index (χ1n) is 5.76. The highest BCUT2D eigenvalue weighted by Crippen LogP contribution is 2.32. The largest absolute Gasteiger partial charge is 0.398 e. The first-order valence-corrected chi connectivity index (χ1v) is 6.55. The number of nitrogens with two attached hydrogens (primary N) is 1. The standard InChI is InChI=1S/C13H9BrFN5/c14-12-8(4-3-6-10(12)16)13-17-18-19-20(13)11-7-2-1-5-9(11)15/h1-7H,16H2. The number of para-hydroxylation sites is 1. The number of aromatic nitrogens is 4. The maximum atomic E-state index is 13.9. The second-order valence-electron chi connectivity index (χ2n) is 4.07. The summed E-state index contributed by atoms with van der Waals surface area (Å²) in [6.07, 6.45) is 0. The summed E-state index contributed by atoms with van der Waals surface area (Å²) in [4.78, 5) is 0. The maximum absolute atomic E-state index is 13.9. The molecule has 0 spiro atoms. The summed E-state index contributed by atoms with van der Waals surface area (Å²) in [5.74, 6) is 0.00958. The van der Waals surface area contributed by atoms with Crippen molar-refractivity contribution < 1.29 is 4.39 Å². The Kier molecular flexibility index (Phi) is 3.19. The number of hydrogen-bond donors (Lipinski definition) is 1. The first kappa shape index (κ1) is 12.7. The number of tetrazole rings is 1. The van der Waals surface area contributed by atoms with Crippen molar-refractivity contribution in [2.24, 2.45) is 0 Å². The van der Waals surface area contributed by atoms with Gasteiger partial charge in [0, 0.05) is 11.3 Å². The second-order valence-corrected chi connectivity index (χ2v) is 4.87. The number of halogens is 2. The van der Waals surface area contributed by atoms with Crippen LogP contribution >= 0.6 is 15.9 Å². The maximum Gasteiger partial charge on any atom is 0.188 e. The zero-order valence-corrected chi connectivity index (χ0v) is 11.7. The molecule has 0 bridgehead atoms. The summed E-state index contributed by atoms with van der Waals surface area (Å²) in [7, 11) is 0. The minimum absolute atomic E-state index is 0.279. The summed E-state index contributed by atoms with van der Waals surface area (Å²) < 4.78 is 15.9. The molecule has 3 rings (SSSR count). The lowest BCUT2D eigenvalue weighted by molar-refractivity contribution is 0.608. The molecule has 0 aliphatic heterocycles. The fraction of sp³-hybridized carbons (Fsp3) is 0. The quantitative estimate of drug-likeness (QED) is 0.732. The Labute approximate surface area is 122 Å². The van der Waals surface area contributed by atoms with E-state index in [1.165, 1.54) is 10.7 Å². The lowest BCUT2D eigenvalue weighted by atomic mass is 10.2. The number of rotatable bonds is 2. The van der Waals surface area contributed by atoms with E-state index in [0.717, 1.165) is 0 Å². The highest BCUT2D eigenvalue weighted by molar-refractivity contribution is 9.10. The van der Waals surface area contributed by atoms with Crippen LogP contribution in [0.4, 0.5) is 10.1 Å². The van der Waals surface area contributed by atoms with Crippen LogP contribution in [-0.4, -0.2) is 20.2 Å². The van der Waals surface area contributed by atoms with Crippen molar-refractivity contribution in [3.63, 3.8) is 0 Å². The lowest BCUT2D eigenvalue weighted by Gasteiger charge is -2.08. The van der Waals surface area contributed by atoms with Crippen molar-refractivity contribution >= 4 is 21.6 Å². The number of hydrogen-bond acceptors (Lipinski definition) is 4. The number of nitrogens with zero attached hydrogens (tertiary/aromatic N) is 4. The van der Waals surface area contributed by atoms with Gasteiger partial charge < -0.3 is 5.73 Å². The third-order valence-corrected chi connectivity index (χ3v) is 3.70. The summed E-state index contributed by atoms with van der Waals surface area (Å²) in [6.45, 7) is 0. The van der Waals surface area contributed by atoms with Crippen LogP contribution in [0.15, 0.2) is 46.9 Å². The highest BCUT2D eigenvalue weighted by atomic mass is 79.9. The van der Waals surface area contributed by atoms with Crippen molar-refractivity contribution in [2.75, 3.05) is 5.73 Å². The molecule has 1 aromatic heterocycles. The van der Waals surface area contributed by atoms with E-state index in [4.69, 9.17) is 5.73 Å². The normalized spacial score (nSPS) is 10.7. The van der Waals surface area contributed by atoms with Crippen molar-refractivity contribution in [1.82, 2.24) is 20.2 Å². The van der Waals surface area contributed by atoms with Crippen LogP contribution in [0.2, 0.25) is 0 Å². The first-order chi connectivity index (χ1) is 9.68. The van der Waals surface area contributed by atoms with Crippen LogP contribution in [0.3, 0.4) is 0 Å². The van der Waals surface area contributed by atoms with Crippen LogP contribution in [0.5, 0.6) is 0 Å². The van der Waals surface area contributed by atoms with Gasteiger partial charge in [-0.3, -0.25) is 0 Å². The third-order valence-electron chi connectivity index (χ3n) is 2.82. The van der Waals surface area contributed by atoms with Gasteiger partial charge in [-0.15, -0.1) is 5.10 Å². The van der Waals surface area contributed by atoms with Crippen LogP contribution in [0, 0.1) is 5.82 Å². The van der Waals surface area contributed by atoms with E-state index in [0.29, 0.717) is 21.5 Å². The molecule has 7 heteroatoms. The Morgan fingerprint density at radius 3 is 2.70 bits per heavy atom. The van der Waals surface area contributed by atoms with Gasteiger partial charge in [-0.25, -0.2) is 4.39 Å².